The number of benzene rings is 2. The van der Waals surface area contributed by atoms with Crippen molar-refractivity contribution in [1.29, 1.82) is 0 Å². The van der Waals surface area contributed by atoms with Gasteiger partial charge in [0.25, 0.3) is 5.91 Å². The van der Waals surface area contributed by atoms with Gasteiger partial charge in [0.15, 0.2) is 5.69 Å². The number of carbonyl (C=O) groups is 1. The van der Waals surface area contributed by atoms with Gasteiger partial charge in [0.2, 0.25) is 0 Å². The van der Waals surface area contributed by atoms with E-state index in [1.54, 1.807) is 12.1 Å². The van der Waals surface area contributed by atoms with Gasteiger partial charge in [-0.1, -0.05) is 36.4 Å². The Morgan fingerprint density at radius 1 is 1.03 bits per heavy atom. The average molecular weight is 411 g/mol. The zero-order valence-corrected chi connectivity index (χ0v) is 15.5. The molecule has 0 aliphatic carbocycles. The van der Waals surface area contributed by atoms with E-state index in [2.05, 4.69) is 10.3 Å². The number of hydrogen-bond donors (Lipinski definition) is 2. The molecule has 0 radical (unpaired) electrons. The number of halogens is 3. The largest absolute Gasteiger partial charge is 0.506 e. The summed E-state index contributed by atoms with van der Waals surface area (Å²) in [6.07, 6.45) is -1.82. The van der Waals surface area contributed by atoms with E-state index in [0.29, 0.717) is 6.42 Å². The van der Waals surface area contributed by atoms with Crippen LogP contribution in [0.1, 0.15) is 27.2 Å². The Hall–Kier alpha value is -3.81. The van der Waals surface area contributed by atoms with Crippen molar-refractivity contribution in [3.63, 3.8) is 0 Å². The first kappa shape index (κ1) is 19.5. The van der Waals surface area contributed by atoms with Crippen molar-refractivity contribution in [3.8, 4) is 5.75 Å². The lowest BCUT2D eigenvalue weighted by Gasteiger charge is -2.10. The van der Waals surface area contributed by atoms with Crippen molar-refractivity contribution in [1.82, 2.24) is 9.38 Å². The Morgan fingerprint density at radius 2 is 1.80 bits per heavy atom. The van der Waals surface area contributed by atoms with E-state index in [0.717, 1.165) is 21.7 Å². The van der Waals surface area contributed by atoms with Crippen LogP contribution < -0.4 is 5.32 Å². The van der Waals surface area contributed by atoms with E-state index in [4.69, 9.17) is 0 Å². The maximum Gasteiger partial charge on any atom is 0.434 e. The van der Waals surface area contributed by atoms with E-state index in [1.807, 2.05) is 30.3 Å². The van der Waals surface area contributed by atoms with Crippen molar-refractivity contribution in [2.45, 2.75) is 12.6 Å². The highest BCUT2D eigenvalue weighted by atomic mass is 19.4. The molecule has 5 nitrogen and oxygen atoms in total. The molecule has 8 heteroatoms. The molecule has 4 rings (SSSR count). The molecule has 2 heterocycles. The third kappa shape index (κ3) is 3.98. The predicted molar refractivity (Wildman–Crippen MR) is 106 cm³/mol. The van der Waals surface area contributed by atoms with Gasteiger partial charge in [-0.3, -0.25) is 4.79 Å². The highest BCUT2D eigenvalue weighted by Crippen LogP contribution is 2.30. The number of pyridine rings is 1. The highest BCUT2D eigenvalue weighted by Gasteiger charge is 2.34. The van der Waals surface area contributed by atoms with Gasteiger partial charge < -0.3 is 14.8 Å². The second kappa shape index (κ2) is 7.55. The normalized spacial score (nSPS) is 11.6. The zero-order chi connectivity index (χ0) is 21.3. The molecule has 1 amide bonds. The average Bonchev–Trinajstić information content (AvgIpc) is 3.16. The number of amides is 1. The summed E-state index contributed by atoms with van der Waals surface area (Å²) in [6.45, 7) is 0. The van der Waals surface area contributed by atoms with Crippen LogP contribution in [0.5, 0.6) is 5.75 Å². The van der Waals surface area contributed by atoms with Crippen LogP contribution in [-0.2, 0) is 12.6 Å². The first-order valence-corrected chi connectivity index (χ1v) is 9.03. The fraction of sp³-hybridized carbons (Fsp3) is 0.0909. The fourth-order valence-corrected chi connectivity index (χ4v) is 3.14. The van der Waals surface area contributed by atoms with Crippen molar-refractivity contribution >= 4 is 17.2 Å². The SMILES string of the molecule is O=C(Nc1cc(Cc2ccccc2)ccc1O)c1cccn2cc(C(F)(F)F)nc12. The van der Waals surface area contributed by atoms with Crippen LogP contribution in [0.2, 0.25) is 0 Å². The van der Waals surface area contributed by atoms with Crippen LogP contribution in [-0.4, -0.2) is 20.4 Å². The Bertz CT molecular complexity index is 1220. The number of carbonyl (C=O) groups excluding carboxylic acids is 1. The molecule has 0 aliphatic heterocycles. The smallest absolute Gasteiger partial charge is 0.434 e. The summed E-state index contributed by atoms with van der Waals surface area (Å²) in [6, 6.07) is 17.3. The number of alkyl halides is 3. The number of anilines is 1. The maximum atomic E-state index is 13.0. The van der Waals surface area contributed by atoms with E-state index < -0.39 is 17.8 Å². The monoisotopic (exact) mass is 411 g/mol. The third-order valence-corrected chi connectivity index (χ3v) is 4.58. The molecule has 4 aromatic rings. The summed E-state index contributed by atoms with van der Waals surface area (Å²) in [5, 5.41) is 12.7. The molecule has 0 spiro atoms. The number of aromatic hydroxyl groups is 1. The van der Waals surface area contributed by atoms with Crippen molar-refractivity contribution < 1.29 is 23.1 Å². The van der Waals surface area contributed by atoms with E-state index in [9.17, 15) is 23.1 Å². The van der Waals surface area contributed by atoms with Crippen LogP contribution in [0.25, 0.3) is 5.65 Å². The number of fused-ring (bicyclic) bond motifs is 1. The van der Waals surface area contributed by atoms with Crippen molar-refractivity contribution in [2.75, 3.05) is 5.32 Å². The number of hydrogen-bond acceptors (Lipinski definition) is 3. The van der Waals surface area contributed by atoms with Crippen molar-refractivity contribution in [2.24, 2.45) is 0 Å². The number of aromatic nitrogens is 2. The summed E-state index contributed by atoms with van der Waals surface area (Å²) >= 11 is 0. The van der Waals surface area contributed by atoms with E-state index in [1.165, 1.54) is 24.4 Å². The maximum absolute atomic E-state index is 13.0. The molecule has 2 N–H and O–H groups in total. The second-order valence-electron chi connectivity index (χ2n) is 6.74. The second-order valence-corrected chi connectivity index (χ2v) is 6.74. The summed E-state index contributed by atoms with van der Waals surface area (Å²) in [7, 11) is 0. The molecule has 0 aliphatic rings. The molecule has 0 bridgehead atoms. The molecule has 152 valence electrons. The van der Waals surface area contributed by atoms with Crippen LogP contribution in [0, 0.1) is 0 Å². The number of phenols is 1. The zero-order valence-electron chi connectivity index (χ0n) is 15.5. The van der Waals surface area contributed by atoms with Gasteiger partial charge in [-0.15, -0.1) is 0 Å². The number of nitrogens with one attached hydrogen (secondary N) is 1. The number of nitrogens with zero attached hydrogens (tertiary/aromatic N) is 2. The molecule has 0 atom stereocenters. The lowest BCUT2D eigenvalue weighted by atomic mass is 10.0. The first-order valence-electron chi connectivity index (χ1n) is 9.03. The first-order chi connectivity index (χ1) is 14.3. The molecule has 2 aromatic carbocycles. The van der Waals surface area contributed by atoms with Crippen LogP contribution in [0.3, 0.4) is 0 Å². The van der Waals surface area contributed by atoms with Gasteiger partial charge in [-0.05, 0) is 41.8 Å². The van der Waals surface area contributed by atoms with Crippen LogP contribution in [0.4, 0.5) is 18.9 Å². The summed E-state index contributed by atoms with van der Waals surface area (Å²) in [5.41, 5.74) is 0.826. The van der Waals surface area contributed by atoms with Gasteiger partial charge >= 0.3 is 6.18 Å². The summed E-state index contributed by atoms with van der Waals surface area (Å²) in [5.74, 6) is -0.821. The lowest BCUT2D eigenvalue weighted by Crippen LogP contribution is -2.14. The standard InChI is InChI=1S/C22H16F3N3O2/c23-22(24,25)19-13-28-10-4-7-16(20(28)27-19)21(30)26-17-12-15(8-9-18(17)29)11-14-5-2-1-3-6-14/h1-10,12-13,29H,11H2,(H,26,30). The Kier molecular flexibility index (Phi) is 4.91. The molecule has 30 heavy (non-hydrogen) atoms. The molecular formula is C22H16F3N3O2. The quantitative estimate of drug-likeness (QED) is 0.470. The molecule has 0 unspecified atom stereocenters. The minimum atomic E-state index is -4.62. The van der Waals surface area contributed by atoms with Crippen LogP contribution >= 0.6 is 0 Å². The topological polar surface area (TPSA) is 66.6 Å². The number of phenolic OH excluding ortho intramolecular Hbond substituents is 1. The Balaban J connectivity index is 1.62. The predicted octanol–water partition coefficient (Wildman–Crippen LogP) is 4.90. The minimum Gasteiger partial charge on any atom is -0.506 e. The van der Waals surface area contributed by atoms with Gasteiger partial charge in [0.05, 0.1) is 11.3 Å². The van der Waals surface area contributed by atoms with Crippen molar-refractivity contribution in [3.05, 3.63) is 95.4 Å². The fourth-order valence-electron chi connectivity index (χ4n) is 3.14. The molecular weight excluding hydrogens is 395 g/mol. The summed E-state index contributed by atoms with van der Waals surface area (Å²) in [4.78, 5) is 16.3. The lowest BCUT2D eigenvalue weighted by molar-refractivity contribution is -0.140. The number of rotatable bonds is 4. The molecule has 0 saturated carbocycles. The highest BCUT2D eigenvalue weighted by molar-refractivity contribution is 6.08. The van der Waals surface area contributed by atoms with E-state index in [-0.39, 0.29) is 22.6 Å². The van der Waals surface area contributed by atoms with Gasteiger partial charge in [-0.2, -0.15) is 13.2 Å². The van der Waals surface area contributed by atoms with Gasteiger partial charge in [-0.25, -0.2) is 4.98 Å². The van der Waals surface area contributed by atoms with E-state index >= 15 is 0 Å². The molecule has 0 saturated heterocycles. The Morgan fingerprint density at radius 3 is 2.53 bits per heavy atom. The minimum absolute atomic E-state index is 0.0409. The van der Waals surface area contributed by atoms with Crippen LogP contribution in [0.15, 0.2) is 73.1 Å². The molecule has 2 aromatic heterocycles. The number of imidazole rings is 1. The summed E-state index contributed by atoms with van der Waals surface area (Å²) < 4.78 is 40.1. The third-order valence-electron chi connectivity index (χ3n) is 4.58. The van der Waals surface area contributed by atoms with Gasteiger partial charge in [0.1, 0.15) is 11.4 Å². The Labute approximate surface area is 169 Å². The molecule has 0 fully saturated rings. The van der Waals surface area contributed by atoms with Gasteiger partial charge in [0, 0.05) is 12.4 Å².